The quantitative estimate of drug-likeness (QED) is 0.745. The third kappa shape index (κ3) is 4.40. The van der Waals surface area contributed by atoms with Crippen LogP contribution in [0.5, 0.6) is 0 Å². The molecule has 1 aliphatic heterocycles. The van der Waals surface area contributed by atoms with Gasteiger partial charge < -0.3 is 5.32 Å². The van der Waals surface area contributed by atoms with Crippen molar-refractivity contribution in [3.63, 3.8) is 0 Å². The molecule has 1 fully saturated rings. The van der Waals surface area contributed by atoms with Gasteiger partial charge in [-0.25, -0.2) is 9.97 Å². The maximum atomic E-state index is 12.9. The van der Waals surface area contributed by atoms with E-state index in [1.54, 1.807) is 6.20 Å². The van der Waals surface area contributed by atoms with Crippen molar-refractivity contribution in [3.8, 4) is 11.3 Å². The number of hydrogen-bond donors (Lipinski definition) is 1. The number of hydrogen-bond acceptors (Lipinski definition) is 5. The zero-order valence-corrected chi connectivity index (χ0v) is 15.7. The van der Waals surface area contributed by atoms with E-state index in [0.717, 1.165) is 38.0 Å². The maximum Gasteiger partial charge on any atom is 0.255 e. The number of pyridine rings is 1. The molecule has 1 amide bonds. The molecular formula is C22H23N5O. The van der Waals surface area contributed by atoms with E-state index in [2.05, 4.69) is 25.2 Å². The lowest BCUT2D eigenvalue weighted by molar-refractivity contribution is 0.0909. The zero-order valence-electron chi connectivity index (χ0n) is 15.7. The van der Waals surface area contributed by atoms with Gasteiger partial charge in [0, 0.05) is 49.8 Å². The molecule has 0 atom stereocenters. The number of likely N-dealkylation sites (tertiary alicyclic amines) is 1. The number of benzene rings is 1. The minimum Gasteiger partial charge on any atom is -0.349 e. The molecule has 1 saturated heterocycles. The van der Waals surface area contributed by atoms with Gasteiger partial charge >= 0.3 is 0 Å². The molecule has 3 aromatic rings. The Morgan fingerprint density at radius 1 is 1.04 bits per heavy atom. The maximum absolute atomic E-state index is 12.9. The number of nitrogens with one attached hydrogen (secondary N) is 1. The molecule has 3 heterocycles. The predicted octanol–water partition coefficient (Wildman–Crippen LogP) is 2.93. The summed E-state index contributed by atoms with van der Waals surface area (Å²) in [6.45, 7) is 2.85. The second-order valence-corrected chi connectivity index (χ2v) is 7.03. The van der Waals surface area contributed by atoms with Crippen LogP contribution >= 0.6 is 0 Å². The van der Waals surface area contributed by atoms with Crippen LogP contribution in [0.25, 0.3) is 11.3 Å². The standard InChI is InChI=1S/C22H23N5O/c28-22(20-14-24-16-25-21(20)18-4-2-1-3-5-18)26-19-8-12-27(13-9-19)15-17-6-10-23-11-7-17/h1-7,10-11,14,16,19H,8-9,12-13,15H2,(H,26,28). The first-order valence-corrected chi connectivity index (χ1v) is 9.57. The highest BCUT2D eigenvalue weighted by molar-refractivity contribution is 5.99. The van der Waals surface area contributed by atoms with Crippen LogP contribution in [-0.4, -0.2) is 44.9 Å². The molecule has 6 heteroatoms. The number of nitrogens with zero attached hydrogens (tertiary/aromatic N) is 4. The van der Waals surface area contributed by atoms with E-state index in [4.69, 9.17) is 0 Å². The fourth-order valence-electron chi connectivity index (χ4n) is 3.57. The van der Waals surface area contributed by atoms with Crippen molar-refractivity contribution in [1.29, 1.82) is 0 Å². The molecule has 0 unspecified atom stereocenters. The SMILES string of the molecule is O=C(NC1CCN(Cc2ccncc2)CC1)c1cncnc1-c1ccccc1. The number of carbonyl (C=O) groups excluding carboxylic acids is 1. The van der Waals surface area contributed by atoms with E-state index in [1.807, 2.05) is 54.9 Å². The average Bonchev–Trinajstić information content (AvgIpc) is 2.76. The molecule has 0 saturated carbocycles. The van der Waals surface area contributed by atoms with Gasteiger partial charge in [0.25, 0.3) is 5.91 Å². The van der Waals surface area contributed by atoms with E-state index in [1.165, 1.54) is 11.9 Å². The van der Waals surface area contributed by atoms with Crippen LogP contribution in [0.3, 0.4) is 0 Å². The molecule has 0 bridgehead atoms. The first-order valence-electron chi connectivity index (χ1n) is 9.57. The Kier molecular flexibility index (Phi) is 5.68. The highest BCUT2D eigenvalue weighted by Gasteiger charge is 2.23. The van der Waals surface area contributed by atoms with Crippen molar-refractivity contribution in [2.75, 3.05) is 13.1 Å². The van der Waals surface area contributed by atoms with Crippen LogP contribution in [0.2, 0.25) is 0 Å². The number of amides is 1. The summed E-state index contributed by atoms with van der Waals surface area (Å²) in [4.78, 5) is 27.7. The smallest absolute Gasteiger partial charge is 0.255 e. The molecule has 6 nitrogen and oxygen atoms in total. The summed E-state index contributed by atoms with van der Waals surface area (Å²) >= 11 is 0. The summed E-state index contributed by atoms with van der Waals surface area (Å²) in [5.74, 6) is -0.105. The van der Waals surface area contributed by atoms with E-state index in [-0.39, 0.29) is 11.9 Å². The van der Waals surface area contributed by atoms with Crippen LogP contribution in [0.4, 0.5) is 0 Å². The minimum absolute atomic E-state index is 0.105. The Bertz CT molecular complexity index is 908. The highest BCUT2D eigenvalue weighted by Crippen LogP contribution is 2.21. The van der Waals surface area contributed by atoms with Gasteiger partial charge in [-0.15, -0.1) is 0 Å². The van der Waals surface area contributed by atoms with Gasteiger partial charge in [-0.2, -0.15) is 0 Å². The zero-order chi connectivity index (χ0) is 19.2. The summed E-state index contributed by atoms with van der Waals surface area (Å²) < 4.78 is 0. The Morgan fingerprint density at radius 3 is 2.54 bits per heavy atom. The molecule has 2 aromatic heterocycles. The molecule has 0 spiro atoms. The lowest BCUT2D eigenvalue weighted by atomic mass is 10.0. The second kappa shape index (κ2) is 8.71. The summed E-state index contributed by atoms with van der Waals surface area (Å²) in [5.41, 5.74) is 3.38. The van der Waals surface area contributed by atoms with Gasteiger partial charge in [-0.3, -0.25) is 14.7 Å². The van der Waals surface area contributed by atoms with Crippen molar-refractivity contribution in [2.45, 2.75) is 25.4 Å². The number of piperidine rings is 1. The van der Waals surface area contributed by atoms with Crippen molar-refractivity contribution >= 4 is 5.91 Å². The number of carbonyl (C=O) groups is 1. The van der Waals surface area contributed by atoms with Crippen LogP contribution in [0.1, 0.15) is 28.8 Å². The summed E-state index contributed by atoms with van der Waals surface area (Å²) in [6, 6.07) is 14.0. The lowest BCUT2D eigenvalue weighted by Crippen LogP contribution is -2.44. The van der Waals surface area contributed by atoms with Crippen LogP contribution in [0.15, 0.2) is 67.4 Å². The molecule has 28 heavy (non-hydrogen) atoms. The van der Waals surface area contributed by atoms with Crippen LogP contribution in [-0.2, 0) is 6.54 Å². The molecular weight excluding hydrogens is 350 g/mol. The van der Waals surface area contributed by atoms with Crippen LogP contribution < -0.4 is 5.32 Å². The highest BCUT2D eigenvalue weighted by atomic mass is 16.1. The largest absolute Gasteiger partial charge is 0.349 e. The summed E-state index contributed by atoms with van der Waals surface area (Å²) in [7, 11) is 0. The summed E-state index contributed by atoms with van der Waals surface area (Å²) in [5, 5.41) is 3.17. The molecule has 0 aliphatic carbocycles. The first-order chi connectivity index (χ1) is 13.8. The Labute approximate surface area is 164 Å². The van der Waals surface area contributed by atoms with Crippen molar-refractivity contribution in [2.24, 2.45) is 0 Å². The van der Waals surface area contributed by atoms with Gasteiger partial charge in [-0.1, -0.05) is 30.3 Å². The number of rotatable bonds is 5. The topological polar surface area (TPSA) is 71.0 Å². The van der Waals surface area contributed by atoms with Crippen molar-refractivity contribution < 1.29 is 4.79 Å². The minimum atomic E-state index is -0.105. The molecule has 1 aliphatic rings. The molecule has 1 aromatic carbocycles. The summed E-state index contributed by atoms with van der Waals surface area (Å²) in [6.07, 6.45) is 8.61. The van der Waals surface area contributed by atoms with Gasteiger partial charge in [0.05, 0.1) is 11.3 Å². The average molecular weight is 373 g/mol. The second-order valence-electron chi connectivity index (χ2n) is 7.03. The van der Waals surface area contributed by atoms with E-state index < -0.39 is 0 Å². The number of aromatic nitrogens is 3. The van der Waals surface area contributed by atoms with Crippen LogP contribution in [0, 0.1) is 0 Å². The molecule has 142 valence electrons. The van der Waals surface area contributed by atoms with Crippen molar-refractivity contribution in [3.05, 3.63) is 78.5 Å². The molecule has 0 radical (unpaired) electrons. The van der Waals surface area contributed by atoms with E-state index in [9.17, 15) is 4.79 Å². The molecule has 4 rings (SSSR count). The predicted molar refractivity (Wildman–Crippen MR) is 107 cm³/mol. The lowest BCUT2D eigenvalue weighted by Gasteiger charge is -2.32. The fraction of sp³-hybridized carbons (Fsp3) is 0.273. The Balaban J connectivity index is 1.37. The monoisotopic (exact) mass is 373 g/mol. The van der Waals surface area contributed by atoms with E-state index in [0.29, 0.717) is 11.3 Å². The van der Waals surface area contributed by atoms with Gasteiger partial charge in [0.1, 0.15) is 6.33 Å². The van der Waals surface area contributed by atoms with Gasteiger partial charge in [0.15, 0.2) is 0 Å². The third-order valence-corrected chi connectivity index (χ3v) is 5.08. The van der Waals surface area contributed by atoms with Crippen molar-refractivity contribution in [1.82, 2.24) is 25.2 Å². The normalized spacial score (nSPS) is 15.3. The molecule has 1 N–H and O–H groups in total. The third-order valence-electron chi connectivity index (χ3n) is 5.08. The van der Waals surface area contributed by atoms with Gasteiger partial charge in [-0.05, 0) is 30.5 Å². The van der Waals surface area contributed by atoms with Gasteiger partial charge in [0.2, 0.25) is 0 Å². The first kappa shape index (κ1) is 18.3. The Morgan fingerprint density at radius 2 is 1.79 bits per heavy atom. The Hall–Kier alpha value is -3.12. The van der Waals surface area contributed by atoms with E-state index >= 15 is 0 Å². The fourth-order valence-corrected chi connectivity index (χ4v) is 3.57.